The van der Waals surface area contributed by atoms with Crippen LogP contribution < -0.4 is 42.6 Å². The summed E-state index contributed by atoms with van der Waals surface area (Å²) in [5, 5.41) is 45.4. The second-order valence-electron chi connectivity index (χ2n) is 25.2. The van der Waals surface area contributed by atoms with Crippen molar-refractivity contribution in [3.8, 4) is 5.75 Å². The van der Waals surface area contributed by atoms with E-state index in [0.717, 1.165) is 39.8 Å². The number of guanidine groups is 1. The number of aromatic nitrogens is 1. The number of likely N-dealkylation sites (N-methyl/N-ethyl adjacent to an activating group) is 2. The van der Waals surface area contributed by atoms with Crippen LogP contribution >= 0.6 is 21.6 Å². The Morgan fingerprint density at radius 1 is 0.977 bits per heavy atom. The van der Waals surface area contributed by atoms with Gasteiger partial charge in [0, 0.05) is 121 Å². The van der Waals surface area contributed by atoms with E-state index in [2.05, 4.69) is 59.5 Å². The topological polar surface area (TPSA) is 329 Å². The molecule has 3 fully saturated rings. The first-order valence-corrected chi connectivity index (χ1v) is 33.5. The normalized spacial score (nSPS) is 29.5. The molecule has 88 heavy (non-hydrogen) atoms. The number of benzene rings is 2. The number of anilines is 1. The number of hydrogen-bond donors (Lipinski definition) is 10. The smallest absolute Gasteiger partial charge is 0.426 e. The van der Waals surface area contributed by atoms with Gasteiger partial charge in [0.25, 0.3) is 12.4 Å². The molecule has 1 spiro atoms. The number of carbonyl (C=O) groups excluding carboxylic acids is 6. The molecule has 12 N–H and O–H groups in total. The summed E-state index contributed by atoms with van der Waals surface area (Å²) >= 11 is 0. The number of methoxy groups -OCH3 is 1. The number of piperidine rings is 1. The quantitative estimate of drug-likeness (QED) is 0.00993. The molecule has 1 aromatic heterocycles. The van der Waals surface area contributed by atoms with E-state index in [0.29, 0.717) is 120 Å². The summed E-state index contributed by atoms with van der Waals surface area (Å²) in [5.74, 6) is -0.851. The van der Waals surface area contributed by atoms with Crippen LogP contribution in [-0.2, 0) is 50.7 Å². The molecule has 6 aliphatic rings. The zero-order valence-electron chi connectivity index (χ0n) is 51.9. The monoisotopic (exact) mass is 1260 g/mol. The molecular weight excluding hydrogens is 1170 g/mol. The summed E-state index contributed by atoms with van der Waals surface area (Å²) in [6.07, 6.45) is 6.33. The van der Waals surface area contributed by atoms with Crippen LogP contribution in [0, 0.1) is 17.3 Å². The van der Waals surface area contributed by atoms with E-state index in [-0.39, 0.29) is 55.4 Å². The van der Waals surface area contributed by atoms with E-state index < -0.39 is 75.6 Å². The highest BCUT2D eigenvalue weighted by Gasteiger charge is 2.79. The van der Waals surface area contributed by atoms with Gasteiger partial charge < -0.3 is 61.5 Å². The van der Waals surface area contributed by atoms with Crippen molar-refractivity contribution in [2.45, 2.75) is 151 Å². The number of Topliss-reactive ketones (excluding diaryl/α,β-unsaturated/α-hetero) is 2. The Morgan fingerprint density at radius 3 is 2.48 bits per heavy atom. The van der Waals surface area contributed by atoms with Gasteiger partial charge in [-0.1, -0.05) is 72.7 Å². The number of nitrogens with one attached hydrogen (secondary N) is 5. The summed E-state index contributed by atoms with van der Waals surface area (Å²) in [6.45, 7) is 11.2. The number of hydrazine groups is 1. The number of fused-ring (bicyclic) bond motifs is 6. The number of rotatable bonds is 27. The van der Waals surface area contributed by atoms with Crippen LogP contribution in [0.5, 0.6) is 5.75 Å². The molecule has 9 rings (SSSR count). The number of H-pyrrole nitrogens is 1. The van der Waals surface area contributed by atoms with Gasteiger partial charge in [-0.3, -0.25) is 44.2 Å². The van der Waals surface area contributed by atoms with Crippen molar-refractivity contribution >= 4 is 80.1 Å². The van der Waals surface area contributed by atoms with E-state index in [1.165, 1.54) is 21.6 Å². The van der Waals surface area contributed by atoms with E-state index >= 15 is 4.79 Å². The van der Waals surface area contributed by atoms with Gasteiger partial charge in [0.1, 0.15) is 25.1 Å². The van der Waals surface area contributed by atoms with Gasteiger partial charge >= 0.3 is 6.09 Å². The molecule has 2 bridgehead atoms. The van der Waals surface area contributed by atoms with Crippen molar-refractivity contribution in [2.24, 2.45) is 33.7 Å². The van der Waals surface area contributed by atoms with Crippen molar-refractivity contribution < 1.29 is 58.3 Å². The highest BCUT2D eigenvalue weighted by molar-refractivity contribution is 8.76. The number of hydrogen-bond acceptors (Lipinski definition) is 19. The molecule has 13 atom stereocenters. The van der Waals surface area contributed by atoms with Crippen molar-refractivity contribution in [3.05, 3.63) is 70.9 Å². The number of aromatic amines is 1. The summed E-state index contributed by atoms with van der Waals surface area (Å²) in [6, 6.07) is 9.65. The molecule has 5 aliphatic heterocycles. The number of carbonyl (C=O) groups is 6. The molecule has 23 nitrogen and oxygen atoms in total. The summed E-state index contributed by atoms with van der Waals surface area (Å²) in [7, 11) is 8.03. The first kappa shape index (κ1) is 66.5. The zero-order chi connectivity index (χ0) is 63.3. The summed E-state index contributed by atoms with van der Waals surface area (Å²) in [5.41, 5.74) is 14.1. The molecule has 1 aliphatic carbocycles. The van der Waals surface area contributed by atoms with Crippen molar-refractivity contribution in [1.82, 2.24) is 36.3 Å². The Morgan fingerprint density at radius 2 is 1.75 bits per heavy atom. The minimum Gasteiger partial charge on any atom is -0.496 e. The highest BCUT2D eigenvalue weighted by Crippen LogP contribution is 2.67. The number of amides is 3. The van der Waals surface area contributed by atoms with E-state index in [1.54, 1.807) is 28.0 Å². The minimum absolute atomic E-state index is 0.0126. The van der Waals surface area contributed by atoms with Gasteiger partial charge in [0.2, 0.25) is 5.91 Å². The summed E-state index contributed by atoms with van der Waals surface area (Å²) in [4.78, 5) is 94.2. The molecule has 2 saturated heterocycles. The highest BCUT2D eigenvalue weighted by atomic mass is 33.1. The third-order valence-corrected chi connectivity index (χ3v) is 22.6. The van der Waals surface area contributed by atoms with Crippen molar-refractivity contribution in [1.29, 1.82) is 0 Å². The third-order valence-electron chi connectivity index (χ3n) is 20.1. The van der Waals surface area contributed by atoms with Crippen LogP contribution in [0.15, 0.2) is 53.5 Å². The van der Waals surface area contributed by atoms with Gasteiger partial charge in [-0.2, -0.15) is 0 Å². The fourth-order valence-electron chi connectivity index (χ4n) is 16.1. The average molecular weight is 1260 g/mol. The number of ketones is 2. The number of para-hydroxylation sites is 1. The molecular formula is C63H91N11O12S2. The largest absolute Gasteiger partial charge is 0.496 e. The molecule has 25 heteroatoms. The fraction of sp³-hybridized carbons (Fsp3) is 0.635. The Hall–Kier alpha value is -5.93. The van der Waals surface area contributed by atoms with Gasteiger partial charge in [-0.25, -0.2) is 10.2 Å². The molecule has 482 valence electrons. The molecule has 1 unspecified atom stereocenters. The van der Waals surface area contributed by atoms with Crippen LogP contribution in [0.3, 0.4) is 0 Å². The van der Waals surface area contributed by atoms with Crippen LogP contribution in [0.1, 0.15) is 114 Å². The first-order valence-electron chi connectivity index (χ1n) is 31.1. The average Bonchev–Trinajstić information content (AvgIpc) is 1.44. The lowest BCUT2D eigenvalue weighted by Gasteiger charge is -2.63. The number of ether oxygens (including phenoxy) is 3. The summed E-state index contributed by atoms with van der Waals surface area (Å²) < 4.78 is 17.9. The van der Waals surface area contributed by atoms with E-state index in [9.17, 15) is 39.3 Å². The fourth-order valence-corrected chi connectivity index (χ4v) is 18.0. The maximum absolute atomic E-state index is 15.1. The minimum atomic E-state index is -2.54. The second-order valence-corrected chi connectivity index (χ2v) is 27.9. The standard InChI is InChI=1S/C63H91N11O12S2/c1-8-59(82)32-40-33-61(36-85-37-75,51-42(19-24-73(34-40)35-59)41-15-10-11-16-45(41)69-51)44-30-43-47(31-50(44)84-7)72(6)54-62(43)21-25-74-23-14-20-60(9-2,53(62)74)55(79)63(54,83)56(80)70-71-58(81)86-26-28-88-87-27-13-18-48(76)39(4)68-52(78)38(3)29-49(77)46(66-5)17-12-22-67-57(64)65/h10-11,14-16,20,30-31,37-40,46,53-55,66,69,79,82-83H,8-9,12-13,17-19,21-29,32-36H2,1-7H3,(H,68,78)(H,70,80)(H,71,81)(H4,64,65,67)/t38-,39+,40+,46+,53-,54+,55+,59-,60+,61-,62+,63-/m0/s1. The maximum Gasteiger partial charge on any atom is 0.426 e. The van der Waals surface area contributed by atoms with Gasteiger partial charge in [0.05, 0.1) is 36.3 Å². The van der Waals surface area contributed by atoms with Crippen LogP contribution in [0.2, 0.25) is 0 Å². The number of aliphatic hydroxyl groups excluding tert-OH is 1. The van der Waals surface area contributed by atoms with Crippen LogP contribution in [0.25, 0.3) is 10.9 Å². The predicted octanol–water partition coefficient (Wildman–Crippen LogP) is 3.48. The predicted molar refractivity (Wildman–Crippen MR) is 340 cm³/mol. The number of nitrogens with two attached hydrogens (primary N) is 2. The Bertz CT molecular complexity index is 3130. The maximum atomic E-state index is 15.1. The number of nitrogens with zero attached hydrogens (tertiary/aromatic N) is 4. The lowest BCUT2D eigenvalue weighted by Crippen LogP contribution is -2.82. The number of aliphatic imine (C=N–C) groups is 1. The molecule has 1 saturated carbocycles. The first-order chi connectivity index (χ1) is 42.1. The lowest BCUT2D eigenvalue weighted by atomic mass is 9.47. The van der Waals surface area contributed by atoms with Gasteiger partial charge in [0.15, 0.2) is 23.1 Å². The second kappa shape index (κ2) is 27.7. The lowest BCUT2D eigenvalue weighted by molar-refractivity contribution is -0.204. The molecule has 2 aromatic carbocycles. The zero-order valence-corrected chi connectivity index (χ0v) is 53.5. The van der Waals surface area contributed by atoms with Crippen molar-refractivity contribution in [3.63, 3.8) is 0 Å². The van der Waals surface area contributed by atoms with E-state index in [1.807, 2.05) is 56.1 Å². The Kier molecular flexibility index (Phi) is 20.9. The van der Waals surface area contributed by atoms with Crippen LogP contribution in [-0.4, -0.2) is 199 Å². The van der Waals surface area contributed by atoms with Gasteiger partial charge in [-0.05, 0) is 107 Å². The molecule has 3 amide bonds. The Balaban J connectivity index is 0.879. The molecule has 0 radical (unpaired) electrons. The number of aliphatic hydroxyl groups is 3. The Labute approximate surface area is 523 Å². The SMILES string of the molecule is CC[C@]1(O)C[C@H]2CN(CCc3c([nH]c4ccccc34)[C@@](COC=O)(c3cc4c(cc3OC)N(C)[C@H]3[C@@](O)(C(=O)NNC(=O)OCCSSCCCC(=O)[C@@H](C)NC(=O)[C@@H](C)CC(=O)[C@@H](CCCN=C(N)N)NC)[C@H](O)[C@]5(CC)C=CCN6CC[C@]43[C@@H]65)C2)C1. The van der Waals surface area contributed by atoms with Gasteiger partial charge in [-0.15, -0.1) is 0 Å². The van der Waals surface area contributed by atoms with Crippen molar-refractivity contribution in [2.75, 3.05) is 90.1 Å². The third kappa shape index (κ3) is 12.5. The van der Waals surface area contributed by atoms with Crippen LogP contribution in [0.4, 0.5) is 10.5 Å². The molecule has 3 aromatic rings. The van der Waals surface area contributed by atoms with E-state index in [4.69, 9.17) is 25.7 Å². The molecule has 6 heterocycles.